The molecule has 6 heteroatoms. The van der Waals surface area contributed by atoms with E-state index in [0.29, 0.717) is 0 Å². The van der Waals surface area contributed by atoms with Crippen molar-refractivity contribution >= 4 is 27.0 Å². The number of hydrogen-bond donors (Lipinski definition) is 0. The number of aromatic nitrogens is 3. The second kappa shape index (κ2) is 7.17. The van der Waals surface area contributed by atoms with Crippen LogP contribution in [-0.2, 0) is 10.0 Å². The fourth-order valence-electron chi connectivity index (χ4n) is 2.73. The van der Waals surface area contributed by atoms with Crippen molar-refractivity contribution < 1.29 is 4.43 Å². The summed E-state index contributed by atoms with van der Waals surface area (Å²) >= 11 is 1.55. The minimum absolute atomic E-state index is 0.276. The van der Waals surface area contributed by atoms with E-state index < -0.39 is 9.76 Å². The molecule has 2 aromatic heterocycles. The van der Waals surface area contributed by atoms with E-state index in [1.807, 2.05) is 17.0 Å². The first kappa shape index (κ1) is 19.1. The first-order valence-electron chi connectivity index (χ1n) is 8.83. The van der Waals surface area contributed by atoms with Crippen molar-refractivity contribution in [1.29, 1.82) is 0 Å². The largest absolute Gasteiger partial charge is 0.415 e. The van der Waals surface area contributed by atoms with Crippen molar-refractivity contribution in [2.75, 3.05) is 6.26 Å². The number of fused-ring (bicyclic) bond motifs is 1. The van der Waals surface area contributed by atoms with Gasteiger partial charge in [-0.2, -0.15) is 0 Å². The maximum absolute atomic E-state index is 6.38. The van der Waals surface area contributed by atoms with E-state index >= 15 is 0 Å². The molecule has 0 bridgehead atoms. The summed E-state index contributed by atoms with van der Waals surface area (Å²) in [5.41, 5.74) is 4.12. The summed E-state index contributed by atoms with van der Waals surface area (Å²) in [6.45, 7) is 11.1. The Labute approximate surface area is 162 Å². The van der Waals surface area contributed by atoms with Gasteiger partial charge < -0.3 is 4.43 Å². The van der Waals surface area contributed by atoms with Crippen LogP contribution in [0, 0.1) is 0 Å². The zero-order valence-corrected chi connectivity index (χ0v) is 18.6. The topological polar surface area (TPSA) is 39.4 Å². The van der Waals surface area contributed by atoms with Crippen LogP contribution >= 0.6 is 11.8 Å². The van der Waals surface area contributed by atoms with Crippen molar-refractivity contribution in [2.24, 2.45) is 0 Å². The summed E-state index contributed by atoms with van der Waals surface area (Å²) in [6.07, 6.45) is 3.86. The number of benzene rings is 1. The summed E-state index contributed by atoms with van der Waals surface area (Å²) in [7, 11) is -0.634. The summed E-state index contributed by atoms with van der Waals surface area (Å²) < 4.78 is 8.35. The highest BCUT2D eigenvalue weighted by molar-refractivity contribution is 7.98. The van der Waals surface area contributed by atoms with Gasteiger partial charge in [0, 0.05) is 5.56 Å². The molecule has 26 heavy (non-hydrogen) atoms. The fourth-order valence-corrected chi connectivity index (χ4v) is 4.01. The average molecular weight is 386 g/mol. The smallest absolute Gasteiger partial charge is 0.207 e. The molecular formula is C20H27N3OSSi. The fraction of sp³-hybridized carbons (Fsp3) is 0.400. The lowest BCUT2D eigenvalue weighted by molar-refractivity contribution is 0.109. The molecule has 138 valence electrons. The Morgan fingerprint density at radius 1 is 1.08 bits per heavy atom. The van der Waals surface area contributed by atoms with Crippen molar-refractivity contribution in [3.63, 3.8) is 0 Å². The molecule has 0 amide bonds. The Balaban J connectivity index is 1.97. The molecule has 2 heterocycles. The molecule has 0 N–H and O–H groups in total. The second-order valence-corrected chi connectivity index (χ2v) is 11.7. The van der Waals surface area contributed by atoms with Gasteiger partial charge in [0.15, 0.2) is 9.76 Å². The predicted octanol–water partition coefficient (Wildman–Crippen LogP) is 4.67. The van der Waals surface area contributed by atoms with Gasteiger partial charge in [-0.1, -0.05) is 50.7 Å². The third-order valence-corrected chi connectivity index (χ3v) is 6.56. The summed E-state index contributed by atoms with van der Waals surface area (Å²) in [5.74, 6) is 0. The van der Waals surface area contributed by atoms with Crippen LogP contribution in [0.2, 0.25) is 5.04 Å². The molecule has 3 aromatic rings. The first-order chi connectivity index (χ1) is 12.2. The van der Waals surface area contributed by atoms with E-state index in [9.17, 15) is 0 Å². The van der Waals surface area contributed by atoms with Gasteiger partial charge in [-0.25, -0.2) is 9.50 Å². The predicted molar refractivity (Wildman–Crippen MR) is 113 cm³/mol. The summed E-state index contributed by atoms with van der Waals surface area (Å²) in [4.78, 5) is 4.35. The van der Waals surface area contributed by atoms with E-state index in [4.69, 9.17) is 4.43 Å². The van der Waals surface area contributed by atoms with Crippen molar-refractivity contribution in [3.8, 4) is 11.3 Å². The Hall–Kier alpha value is -1.63. The molecule has 0 saturated heterocycles. The highest BCUT2D eigenvalue weighted by atomic mass is 32.2. The number of thioether (sulfide) groups is 1. The molecule has 0 aliphatic rings. The third-order valence-electron chi connectivity index (χ3n) is 4.28. The number of rotatable bonds is 5. The molecule has 0 aliphatic carbocycles. The summed E-state index contributed by atoms with van der Waals surface area (Å²) in [6, 6.07) is 12.8. The molecule has 0 saturated carbocycles. The van der Waals surface area contributed by atoms with Gasteiger partial charge >= 0.3 is 0 Å². The van der Waals surface area contributed by atoms with E-state index in [2.05, 4.69) is 81.1 Å². The van der Waals surface area contributed by atoms with E-state index in [1.54, 1.807) is 11.8 Å². The van der Waals surface area contributed by atoms with Crippen LogP contribution in [0.25, 0.3) is 16.8 Å². The molecule has 0 fully saturated rings. The van der Waals surface area contributed by atoms with E-state index in [1.165, 1.54) is 5.56 Å². The number of nitrogens with zero attached hydrogens (tertiary/aromatic N) is 3. The van der Waals surface area contributed by atoms with Gasteiger partial charge in [0.05, 0.1) is 23.0 Å². The molecule has 4 nitrogen and oxygen atoms in total. The SMILES string of the molecule is CSc1ncc2ccc(-c3cccc(C(C)(C)O[SiH2]C(C)(C)C)c3)n2n1. The quantitative estimate of drug-likeness (QED) is 0.472. The molecule has 3 rings (SSSR count). The van der Waals surface area contributed by atoms with Gasteiger partial charge in [0.2, 0.25) is 5.16 Å². The Bertz CT molecular complexity index is 915. The lowest BCUT2D eigenvalue weighted by atomic mass is 9.96. The summed E-state index contributed by atoms with van der Waals surface area (Å²) in [5, 5.41) is 5.68. The molecule has 0 spiro atoms. The first-order valence-corrected chi connectivity index (χ1v) is 11.3. The lowest BCUT2D eigenvalue weighted by Crippen LogP contribution is -2.27. The average Bonchev–Trinajstić information content (AvgIpc) is 3.02. The Kier molecular flexibility index (Phi) is 5.28. The molecule has 0 radical (unpaired) electrons. The molecule has 0 unspecified atom stereocenters. The zero-order chi connectivity index (χ0) is 18.9. The molecule has 1 aromatic carbocycles. The van der Waals surface area contributed by atoms with Gasteiger partial charge in [-0.15, -0.1) is 5.10 Å². The Morgan fingerprint density at radius 3 is 2.54 bits per heavy atom. The van der Waals surface area contributed by atoms with Crippen LogP contribution < -0.4 is 0 Å². The van der Waals surface area contributed by atoms with Gasteiger partial charge in [0.25, 0.3) is 0 Å². The normalized spacial score (nSPS) is 13.2. The number of hydrogen-bond acceptors (Lipinski definition) is 4. The van der Waals surface area contributed by atoms with Gasteiger partial charge in [0.1, 0.15) is 0 Å². The van der Waals surface area contributed by atoms with Crippen molar-refractivity contribution in [3.05, 3.63) is 48.2 Å². The van der Waals surface area contributed by atoms with Crippen molar-refractivity contribution in [2.45, 2.75) is 50.4 Å². The van der Waals surface area contributed by atoms with Crippen LogP contribution in [0.3, 0.4) is 0 Å². The van der Waals surface area contributed by atoms with Gasteiger partial charge in [-0.05, 0) is 48.9 Å². The zero-order valence-electron chi connectivity index (χ0n) is 16.4. The van der Waals surface area contributed by atoms with Crippen LogP contribution in [0.5, 0.6) is 0 Å². The Morgan fingerprint density at radius 2 is 1.85 bits per heavy atom. The molecule has 0 atom stereocenters. The van der Waals surface area contributed by atoms with Crippen molar-refractivity contribution in [1.82, 2.24) is 14.6 Å². The van der Waals surface area contributed by atoms with Crippen LogP contribution in [0.4, 0.5) is 0 Å². The van der Waals surface area contributed by atoms with Crippen LogP contribution in [0.1, 0.15) is 40.2 Å². The molecule has 0 aliphatic heterocycles. The maximum Gasteiger partial charge on any atom is 0.207 e. The minimum atomic E-state index is -0.634. The monoisotopic (exact) mass is 385 g/mol. The lowest BCUT2D eigenvalue weighted by Gasteiger charge is -2.30. The van der Waals surface area contributed by atoms with Crippen LogP contribution in [-0.4, -0.2) is 30.6 Å². The van der Waals surface area contributed by atoms with E-state index in [0.717, 1.165) is 21.9 Å². The highest BCUT2D eigenvalue weighted by Gasteiger charge is 2.25. The molecular weight excluding hydrogens is 358 g/mol. The minimum Gasteiger partial charge on any atom is -0.415 e. The second-order valence-electron chi connectivity index (χ2n) is 8.24. The third kappa shape index (κ3) is 4.19. The van der Waals surface area contributed by atoms with E-state index in [-0.39, 0.29) is 10.6 Å². The van der Waals surface area contributed by atoms with Crippen LogP contribution in [0.15, 0.2) is 47.8 Å². The maximum atomic E-state index is 6.38. The highest BCUT2D eigenvalue weighted by Crippen LogP contribution is 2.32. The van der Waals surface area contributed by atoms with Gasteiger partial charge in [-0.3, -0.25) is 0 Å². The standard InChI is InChI=1S/C20H27N3OSSi/c1-19(2,3)26-24-20(4,5)15-9-7-8-14(12-15)17-11-10-16-13-21-18(25-6)22-23(16)17/h7-13H,26H2,1-6H3.